The standard InChI is InChI=1S/C10H18N2O/c1-4-8(2)10(13)5-9-6-11-12(3)7-9/h6-8,10,13H,4-5H2,1-3H3. The topological polar surface area (TPSA) is 38.1 Å². The summed E-state index contributed by atoms with van der Waals surface area (Å²) in [5.74, 6) is 0.361. The first-order chi connectivity index (χ1) is 6.13. The summed E-state index contributed by atoms with van der Waals surface area (Å²) in [5, 5.41) is 13.8. The lowest BCUT2D eigenvalue weighted by Gasteiger charge is -2.15. The number of hydrogen-bond acceptors (Lipinski definition) is 2. The molecule has 0 amide bonds. The molecule has 0 aromatic carbocycles. The van der Waals surface area contributed by atoms with Crippen LogP contribution in [0.1, 0.15) is 25.8 Å². The van der Waals surface area contributed by atoms with Crippen LogP contribution in [0.4, 0.5) is 0 Å². The SMILES string of the molecule is CCC(C)C(O)Cc1cnn(C)c1. The van der Waals surface area contributed by atoms with Crippen LogP contribution in [-0.2, 0) is 13.5 Å². The molecule has 0 saturated heterocycles. The van der Waals surface area contributed by atoms with Crippen molar-refractivity contribution in [2.45, 2.75) is 32.8 Å². The van der Waals surface area contributed by atoms with Crippen molar-refractivity contribution in [1.29, 1.82) is 0 Å². The molecule has 0 aliphatic carbocycles. The van der Waals surface area contributed by atoms with Crippen LogP contribution >= 0.6 is 0 Å². The fourth-order valence-electron chi connectivity index (χ4n) is 1.29. The zero-order chi connectivity index (χ0) is 9.84. The maximum Gasteiger partial charge on any atom is 0.0607 e. The van der Waals surface area contributed by atoms with Gasteiger partial charge < -0.3 is 5.11 Å². The third kappa shape index (κ3) is 2.84. The number of hydrogen-bond donors (Lipinski definition) is 1. The third-order valence-corrected chi connectivity index (χ3v) is 2.50. The van der Waals surface area contributed by atoms with Crippen molar-refractivity contribution < 1.29 is 5.11 Å². The van der Waals surface area contributed by atoms with Crippen molar-refractivity contribution in [3.05, 3.63) is 18.0 Å². The summed E-state index contributed by atoms with van der Waals surface area (Å²) in [7, 11) is 1.89. The largest absolute Gasteiger partial charge is 0.393 e. The van der Waals surface area contributed by atoms with Crippen LogP contribution in [0.5, 0.6) is 0 Å². The van der Waals surface area contributed by atoms with Crippen LogP contribution in [0.15, 0.2) is 12.4 Å². The lowest BCUT2D eigenvalue weighted by atomic mass is 9.97. The van der Waals surface area contributed by atoms with Gasteiger partial charge in [-0.05, 0) is 11.5 Å². The Balaban J connectivity index is 2.49. The van der Waals surface area contributed by atoms with Crippen molar-refractivity contribution in [3.8, 4) is 0 Å². The van der Waals surface area contributed by atoms with Gasteiger partial charge in [0.25, 0.3) is 0 Å². The molecule has 1 N–H and O–H groups in total. The second kappa shape index (κ2) is 4.42. The predicted octanol–water partition coefficient (Wildman–Crippen LogP) is 1.37. The third-order valence-electron chi connectivity index (χ3n) is 2.50. The first-order valence-corrected chi connectivity index (χ1v) is 4.79. The quantitative estimate of drug-likeness (QED) is 0.763. The smallest absolute Gasteiger partial charge is 0.0607 e. The Morgan fingerprint density at radius 2 is 2.31 bits per heavy atom. The van der Waals surface area contributed by atoms with E-state index in [4.69, 9.17) is 0 Å². The number of nitrogens with zero attached hydrogens (tertiary/aromatic N) is 2. The molecule has 0 aliphatic heterocycles. The molecule has 0 radical (unpaired) electrons. The van der Waals surface area contributed by atoms with Gasteiger partial charge in [0, 0.05) is 19.7 Å². The van der Waals surface area contributed by atoms with Gasteiger partial charge >= 0.3 is 0 Å². The Morgan fingerprint density at radius 1 is 1.62 bits per heavy atom. The Labute approximate surface area is 79.4 Å². The molecule has 0 spiro atoms. The minimum absolute atomic E-state index is 0.241. The number of aliphatic hydroxyl groups is 1. The highest BCUT2D eigenvalue weighted by atomic mass is 16.3. The zero-order valence-corrected chi connectivity index (χ0v) is 8.57. The van der Waals surface area contributed by atoms with E-state index in [9.17, 15) is 5.11 Å². The Hall–Kier alpha value is -0.830. The minimum atomic E-state index is -0.241. The summed E-state index contributed by atoms with van der Waals surface area (Å²) >= 11 is 0. The number of aryl methyl sites for hydroxylation is 1. The second-order valence-electron chi connectivity index (χ2n) is 3.68. The summed E-state index contributed by atoms with van der Waals surface area (Å²) < 4.78 is 1.76. The maximum absolute atomic E-state index is 9.74. The lowest BCUT2D eigenvalue weighted by Crippen LogP contribution is -2.19. The molecule has 2 unspecified atom stereocenters. The molecule has 0 fully saturated rings. The Morgan fingerprint density at radius 3 is 2.77 bits per heavy atom. The summed E-state index contributed by atoms with van der Waals surface area (Å²) in [4.78, 5) is 0. The molecule has 1 heterocycles. The lowest BCUT2D eigenvalue weighted by molar-refractivity contribution is 0.115. The van der Waals surface area contributed by atoms with E-state index in [1.807, 2.05) is 19.4 Å². The molecule has 0 saturated carbocycles. The average molecular weight is 182 g/mol. The van der Waals surface area contributed by atoms with Gasteiger partial charge in [0.05, 0.1) is 12.3 Å². The van der Waals surface area contributed by atoms with Crippen molar-refractivity contribution in [2.75, 3.05) is 0 Å². The first-order valence-electron chi connectivity index (χ1n) is 4.79. The Kier molecular flexibility index (Phi) is 3.48. The molecule has 1 rings (SSSR count). The predicted molar refractivity (Wildman–Crippen MR) is 52.4 cm³/mol. The van der Waals surface area contributed by atoms with Gasteiger partial charge in [0.2, 0.25) is 0 Å². The molecule has 13 heavy (non-hydrogen) atoms. The van der Waals surface area contributed by atoms with Gasteiger partial charge in [-0.1, -0.05) is 20.3 Å². The molecule has 2 atom stereocenters. The first kappa shape index (κ1) is 10.3. The molecule has 0 aliphatic rings. The van der Waals surface area contributed by atoms with E-state index in [1.54, 1.807) is 4.68 Å². The highest BCUT2D eigenvalue weighted by Gasteiger charge is 2.13. The highest BCUT2D eigenvalue weighted by molar-refractivity contribution is 5.05. The fraction of sp³-hybridized carbons (Fsp3) is 0.700. The number of rotatable bonds is 4. The van der Waals surface area contributed by atoms with Crippen LogP contribution in [-0.4, -0.2) is 21.0 Å². The van der Waals surface area contributed by atoms with Crippen molar-refractivity contribution >= 4 is 0 Å². The van der Waals surface area contributed by atoms with Crippen LogP contribution in [0.3, 0.4) is 0 Å². The van der Waals surface area contributed by atoms with Crippen LogP contribution in [0.25, 0.3) is 0 Å². The number of aromatic nitrogens is 2. The van der Waals surface area contributed by atoms with Gasteiger partial charge in [-0.15, -0.1) is 0 Å². The highest BCUT2D eigenvalue weighted by Crippen LogP contribution is 2.12. The van der Waals surface area contributed by atoms with Gasteiger partial charge in [-0.3, -0.25) is 4.68 Å². The Bertz CT molecular complexity index is 257. The minimum Gasteiger partial charge on any atom is -0.393 e. The summed E-state index contributed by atoms with van der Waals surface area (Å²) in [6.45, 7) is 4.16. The average Bonchev–Trinajstić information content (AvgIpc) is 2.49. The molecule has 3 heteroatoms. The van der Waals surface area contributed by atoms with Crippen molar-refractivity contribution in [3.63, 3.8) is 0 Å². The monoisotopic (exact) mass is 182 g/mol. The van der Waals surface area contributed by atoms with E-state index < -0.39 is 0 Å². The van der Waals surface area contributed by atoms with E-state index >= 15 is 0 Å². The van der Waals surface area contributed by atoms with E-state index in [2.05, 4.69) is 18.9 Å². The zero-order valence-electron chi connectivity index (χ0n) is 8.57. The maximum atomic E-state index is 9.74. The van der Waals surface area contributed by atoms with Gasteiger partial charge in [0.1, 0.15) is 0 Å². The normalized spacial score (nSPS) is 15.7. The van der Waals surface area contributed by atoms with E-state index in [1.165, 1.54) is 0 Å². The molecular formula is C10H18N2O. The van der Waals surface area contributed by atoms with Crippen molar-refractivity contribution in [2.24, 2.45) is 13.0 Å². The molecule has 0 bridgehead atoms. The van der Waals surface area contributed by atoms with Gasteiger partial charge in [-0.2, -0.15) is 5.10 Å². The van der Waals surface area contributed by atoms with E-state index in [-0.39, 0.29) is 6.10 Å². The van der Waals surface area contributed by atoms with Crippen molar-refractivity contribution in [1.82, 2.24) is 9.78 Å². The fourth-order valence-corrected chi connectivity index (χ4v) is 1.29. The van der Waals surface area contributed by atoms with Gasteiger partial charge in [0.15, 0.2) is 0 Å². The molecule has 1 aromatic rings. The summed E-state index contributed by atoms with van der Waals surface area (Å²) in [5.41, 5.74) is 1.11. The van der Waals surface area contributed by atoms with Gasteiger partial charge in [-0.25, -0.2) is 0 Å². The van der Waals surface area contributed by atoms with Crippen LogP contribution in [0, 0.1) is 5.92 Å². The van der Waals surface area contributed by atoms with Crippen LogP contribution in [0.2, 0.25) is 0 Å². The molecular weight excluding hydrogens is 164 g/mol. The molecule has 74 valence electrons. The van der Waals surface area contributed by atoms with Crippen LogP contribution < -0.4 is 0 Å². The summed E-state index contributed by atoms with van der Waals surface area (Å²) in [6, 6.07) is 0. The molecule has 3 nitrogen and oxygen atoms in total. The number of aliphatic hydroxyl groups excluding tert-OH is 1. The second-order valence-corrected chi connectivity index (χ2v) is 3.68. The van der Waals surface area contributed by atoms with E-state index in [0.29, 0.717) is 12.3 Å². The molecule has 1 aromatic heterocycles. The van der Waals surface area contributed by atoms with E-state index in [0.717, 1.165) is 12.0 Å². The summed E-state index contributed by atoms with van der Waals surface area (Å²) in [6.07, 6.45) is 5.25.